The molecule has 0 aliphatic heterocycles. The summed E-state index contributed by atoms with van der Waals surface area (Å²) in [5.74, 6) is 7.38. The van der Waals surface area contributed by atoms with Gasteiger partial charge in [-0.05, 0) is 129 Å². The predicted octanol–water partition coefficient (Wildman–Crippen LogP) is 8.49. The molecule has 0 aromatic carbocycles. The molecular formula is C30H54O. The van der Waals surface area contributed by atoms with Gasteiger partial charge in [0.15, 0.2) is 0 Å². The smallest absolute Gasteiger partial charge is 0.0565 e. The molecule has 0 heterocycles. The van der Waals surface area contributed by atoms with Gasteiger partial charge < -0.3 is 5.11 Å². The summed E-state index contributed by atoms with van der Waals surface area (Å²) in [6.07, 6.45) is 18.2. The van der Waals surface area contributed by atoms with Gasteiger partial charge in [-0.3, -0.25) is 0 Å². The molecule has 180 valence electrons. The molecule has 4 fully saturated rings. The SMILES string of the molecule is CCC(O)C1CC[C@@H]2CC[C@@H]3[C@H](CC[C@]4(C)[C@@H]([C@H](C)CCCC(C)(C)C)CC[C@@H]34)[C@H]2C1. The fourth-order valence-corrected chi connectivity index (χ4v) is 9.67. The van der Waals surface area contributed by atoms with Crippen molar-refractivity contribution in [3.05, 3.63) is 0 Å². The molecule has 10 atom stereocenters. The average molecular weight is 431 g/mol. The van der Waals surface area contributed by atoms with Crippen LogP contribution in [0.4, 0.5) is 0 Å². The van der Waals surface area contributed by atoms with Crippen molar-refractivity contribution < 1.29 is 5.11 Å². The van der Waals surface area contributed by atoms with E-state index in [9.17, 15) is 5.11 Å². The van der Waals surface area contributed by atoms with Crippen molar-refractivity contribution in [1.29, 1.82) is 0 Å². The molecule has 0 amide bonds. The highest BCUT2D eigenvalue weighted by Crippen LogP contribution is 2.66. The molecule has 1 nitrogen and oxygen atoms in total. The number of hydrogen-bond donors (Lipinski definition) is 1. The number of aliphatic hydroxyl groups is 1. The van der Waals surface area contributed by atoms with E-state index in [2.05, 4.69) is 41.5 Å². The third-order valence-electron chi connectivity index (χ3n) is 11.3. The van der Waals surface area contributed by atoms with E-state index in [0.717, 1.165) is 47.8 Å². The minimum absolute atomic E-state index is 0.0417. The zero-order chi connectivity index (χ0) is 22.4. The van der Waals surface area contributed by atoms with Crippen molar-refractivity contribution in [3.8, 4) is 0 Å². The Morgan fingerprint density at radius 1 is 0.935 bits per heavy atom. The van der Waals surface area contributed by atoms with Crippen LogP contribution in [0.5, 0.6) is 0 Å². The molecule has 0 aromatic heterocycles. The van der Waals surface area contributed by atoms with Crippen molar-refractivity contribution in [2.45, 2.75) is 131 Å². The quantitative estimate of drug-likeness (QED) is 0.448. The zero-order valence-corrected chi connectivity index (χ0v) is 21.8. The van der Waals surface area contributed by atoms with Crippen LogP contribution in [0.2, 0.25) is 0 Å². The van der Waals surface area contributed by atoms with Crippen LogP contribution in [0.1, 0.15) is 125 Å². The fraction of sp³-hybridized carbons (Fsp3) is 1.00. The number of hydrogen-bond acceptors (Lipinski definition) is 1. The third-order valence-corrected chi connectivity index (χ3v) is 11.3. The van der Waals surface area contributed by atoms with E-state index in [1.54, 1.807) is 0 Å². The van der Waals surface area contributed by atoms with Crippen molar-refractivity contribution in [2.24, 2.45) is 58.2 Å². The normalized spacial score (nSPS) is 44.8. The van der Waals surface area contributed by atoms with E-state index < -0.39 is 0 Å². The summed E-state index contributed by atoms with van der Waals surface area (Å²) in [6, 6.07) is 0. The number of fused-ring (bicyclic) bond motifs is 5. The molecule has 1 N–H and O–H groups in total. The van der Waals surface area contributed by atoms with Crippen LogP contribution in [-0.4, -0.2) is 11.2 Å². The van der Waals surface area contributed by atoms with Gasteiger partial charge in [0.2, 0.25) is 0 Å². The van der Waals surface area contributed by atoms with Crippen molar-refractivity contribution in [3.63, 3.8) is 0 Å². The molecule has 0 aromatic rings. The number of rotatable bonds is 6. The van der Waals surface area contributed by atoms with Crippen LogP contribution >= 0.6 is 0 Å². The van der Waals surface area contributed by atoms with E-state index in [4.69, 9.17) is 0 Å². The highest BCUT2D eigenvalue weighted by Gasteiger charge is 2.57. The molecule has 4 aliphatic carbocycles. The third kappa shape index (κ3) is 4.79. The van der Waals surface area contributed by atoms with Gasteiger partial charge in [0.1, 0.15) is 0 Å². The first-order chi connectivity index (χ1) is 14.6. The largest absolute Gasteiger partial charge is 0.393 e. The van der Waals surface area contributed by atoms with Gasteiger partial charge in [-0.1, -0.05) is 54.4 Å². The summed E-state index contributed by atoms with van der Waals surface area (Å²) < 4.78 is 0. The van der Waals surface area contributed by atoms with E-state index >= 15 is 0 Å². The standard InChI is InChI=1S/C30H54O/c1-7-28(31)22-11-10-21-12-13-24-23(25(21)19-22)16-18-30(6)26(14-15-27(24)30)20(2)9-8-17-29(3,4)5/h20-28,31H,7-19H2,1-6H3/t20-,21-,22?,23+,24-,25+,26-,27+,28?,30-/m1/s1. The second-order valence-corrected chi connectivity index (χ2v) is 14.1. The molecule has 0 radical (unpaired) electrons. The van der Waals surface area contributed by atoms with Crippen LogP contribution in [0.3, 0.4) is 0 Å². The highest BCUT2D eigenvalue weighted by atomic mass is 16.3. The molecule has 31 heavy (non-hydrogen) atoms. The van der Waals surface area contributed by atoms with Gasteiger partial charge in [0, 0.05) is 0 Å². The maximum absolute atomic E-state index is 10.6. The summed E-state index contributed by atoms with van der Waals surface area (Å²) in [7, 11) is 0. The lowest BCUT2D eigenvalue weighted by molar-refractivity contribution is -0.0839. The molecule has 4 rings (SSSR count). The summed E-state index contributed by atoms with van der Waals surface area (Å²) in [4.78, 5) is 0. The van der Waals surface area contributed by atoms with Crippen molar-refractivity contribution in [2.75, 3.05) is 0 Å². The Labute approximate surface area is 194 Å². The lowest BCUT2D eigenvalue weighted by atomic mass is 9.48. The Bertz CT molecular complexity index is 590. The number of aliphatic hydroxyl groups excluding tert-OH is 1. The Morgan fingerprint density at radius 3 is 2.39 bits per heavy atom. The van der Waals surface area contributed by atoms with Crippen LogP contribution in [-0.2, 0) is 0 Å². The minimum atomic E-state index is -0.0417. The van der Waals surface area contributed by atoms with Crippen LogP contribution in [0, 0.1) is 58.2 Å². The van der Waals surface area contributed by atoms with E-state index in [-0.39, 0.29) is 6.10 Å². The maximum Gasteiger partial charge on any atom is 0.0565 e. The molecular weight excluding hydrogens is 376 g/mol. The Hall–Kier alpha value is -0.0400. The van der Waals surface area contributed by atoms with Crippen LogP contribution in [0.15, 0.2) is 0 Å². The second kappa shape index (κ2) is 9.31. The Morgan fingerprint density at radius 2 is 1.68 bits per heavy atom. The van der Waals surface area contributed by atoms with Gasteiger partial charge in [0.05, 0.1) is 6.10 Å². The first-order valence-corrected chi connectivity index (χ1v) is 14.3. The van der Waals surface area contributed by atoms with Gasteiger partial charge >= 0.3 is 0 Å². The Kier molecular flexibility index (Phi) is 7.23. The molecule has 4 aliphatic rings. The summed E-state index contributed by atoms with van der Waals surface area (Å²) in [5.41, 5.74) is 1.11. The van der Waals surface area contributed by atoms with Gasteiger partial charge in [-0.2, -0.15) is 0 Å². The fourth-order valence-electron chi connectivity index (χ4n) is 9.67. The van der Waals surface area contributed by atoms with Crippen molar-refractivity contribution >= 4 is 0 Å². The van der Waals surface area contributed by atoms with E-state index in [1.165, 1.54) is 77.0 Å². The average Bonchev–Trinajstić information content (AvgIpc) is 3.08. The monoisotopic (exact) mass is 430 g/mol. The first kappa shape index (κ1) is 24.1. The molecule has 4 saturated carbocycles. The van der Waals surface area contributed by atoms with E-state index in [0.29, 0.717) is 16.7 Å². The summed E-state index contributed by atoms with van der Waals surface area (Å²) in [5, 5.41) is 10.6. The minimum Gasteiger partial charge on any atom is -0.393 e. The molecule has 0 spiro atoms. The van der Waals surface area contributed by atoms with Gasteiger partial charge in [0.25, 0.3) is 0 Å². The van der Waals surface area contributed by atoms with E-state index in [1.807, 2.05) is 0 Å². The summed E-state index contributed by atoms with van der Waals surface area (Å²) in [6.45, 7) is 14.7. The second-order valence-electron chi connectivity index (χ2n) is 14.1. The van der Waals surface area contributed by atoms with Crippen LogP contribution < -0.4 is 0 Å². The van der Waals surface area contributed by atoms with Crippen molar-refractivity contribution in [1.82, 2.24) is 0 Å². The lowest BCUT2D eigenvalue weighted by Crippen LogP contribution is -2.49. The van der Waals surface area contributed by atoms with Crippen LogP contribution in [0.25, 0.3) is 0 Å². The molecule has 0 bridgehead atoms. The summed E-state index contributed by atoms with van der Waals surface area (Å²) >= 11 is 0. The lowest BCUT2D eigenvalue weighted by Gasteiger charge is -2.57. The van der Waals surface area contributed by atoms with Gasteiger partial charge in [-0.25, -0.2) is 0 Å². The predicted molar refractivity (Wildman–Crippen MR) is 133 cm³/mol. The maximum atomic E-state index is 10.6. The Balaban J connectivity index is 1.41. The highest BCUT2D eigenvalue weighted by molar-refractivity contribution is 5.07. The molecule has 1 heteroatoms. The van der Waals surface area contributed by atoms with Gasteiger partial charge in [-0.15, -0.1) is 0 Å². The molecule has 2 unspecified atom stereocenters. The topological polar surface area (TPSA) is 20.2 Å². The molecule has 0 saturated heterocycles. The zero-order valence-electron chi connectivity index (χ0n) is 21.8. The first-order valence-electron chi connectivity index (χ1n) is 14.3.